The standard InChI is InChI=1S/C22H25N3O3S2/c1-14-6-5-7-15(12-14)23-18(26)13-29-22-24-20-19(21(27)25(22)10-11-28-2)16-8-3-4-9-17(16)30-20/h5-7,12H,3-4,8-11,13H2,1-2H3,(H,23,26). The number of aryl methyl sites for hydroxylation is 3. The molecule has 8 heteroatoms. The van der Waals surface area contributed by atoms with Crippen LogP contribution in [0.1, 0.15) is 28.8 Å². The van der Waals surface area contributed by atoms with Crippen LogP contribution in [-0.4, -0.2) is 34.9 Å². The minimum Gasteiger partial charge on any atom is -0.383 e. The Morgan fingerprint density at radius 2 is 2.17 bits per heavy atom. The molecule has 0 radical (unpaired) electrons. The second-order valence-electron chi connectivity index (χ2n) is 7.44. The van der Waals surface area contributed by atoms with Crippen LogP contribution in [0.15, 0.2) is 34.2 Å². The van der Waals surface area contributed by atoms with Crippen molar-refractivity contribution in [3.8, 4) is 0 Å². The van der Waals surface area contributed by atoms with Gasteiger partial charge in [0.25, 0.3) is 5.56 Å². The predicted molar refractivity (Wildman–Crippen MR) is 123 cm³/mol. The number of hydrogen-bond donors (Lipinski definition) is 1. The van der Waals surface area contributed by atoms with E-state index >= 15 is 0 Å². The largest absolute Gasteiger partial charge is 0.383 e. The molecule has 6 nitrogen and oxygen atoms in total. The van der Waals surface area contributed by atoms with Crippen molar-refractivity contribution >= 4 is 44.9 Å². The van der Waals surface area contributed by atoms with E-state index in [0.717, 1.165) is 40.7 Å². The maximum atomic E-state index is 13.3. The summed E-state index contributed by atoms with van der Waals surface area (Å²) in [7, 11) is 1.62. The number of methoxy groups -OCH3 is 1. The van der Waals surface area contributed by atoms with Crippen molar-refractivity contribution in [2.45, 2.75) is 44.3 Å². The Morgan fingerprint density at radius 3 is 2.97 bits per heavy atom. The number of carbonyl (C=O) groups excluding carboxylic acids is 1. The summed E-state index contributed by atoms with van der Waals surface area (Å²) in [6.07, 6.45) is 4.25. The molecular weight excluding hydrogens is 418 g/mol. The van der Waals surface area contributed by atoms with Gasteiger partial charge in [0.05, 0.1) is 24.3 Å². The molecule has 1 aliphatic carbocycles. The average Bonchev–Trinajstić information content (AvgIpc) is 3.10. The fraction of sp³-hybridized carbons (Fsp3) is 0.409. The molecule has 1 amide bonds. The Labute approximate surface area is 183 Å². The summed E-state index contributed by atoms with van der Waals surface area (Å²) in [5, 5.41) is 4.25. The van der Waals surface area contributed by atoms with Gasteiger partial charge in [-0.1, -0.05) is 23.9 Å². The molecule has 0 fully saturated rings. The van der Waals surface area contributed by atoms with Crippen LogP contribution in [0.3, 0.4) is 0 Å². The molecule has 0 bridgehead atoms. The minimum absolute atomic E-state index is 0.0157. The van der Waals surface area contributed by atoms with E-state index in [-0.39, 0.29) is 17.2 Å². The van der Waals surface area contributed by atoms with Crippen LogP contribution in [0.2, 0.25) is 0 Å². The van der Waals surface area contributed by atoms with Crippen LogP contribution in [0.5, 0.6) is 0 Å². The van der Waals surface area contributed by atoms with Gasteiger partial charge in [0.15, 0.2) is 5.16 Å². The van der Waals surface area contributed by atoms with Crippen LogP contribution >= 0.6 is 23.1 Å². The van der Waals surface area contributed by atoms with Crippen LogP contribution in [0, 0.1) is 6.92 Å². The summed E-state index contributed by atoms with van der Waals surface area (Å²) in [5.74, 6) is 0.0629. The number of anilines is 1. The van der Waals surface area contributed by atoms with Gasteiger partial charge >= 0.3 is 0 Å². The third kappa shape index (κ3) is 4.45. The number of thioether (sulfide) groups is 1. The number of rotatable bonds is 7. The fourth-order valence-electron chi connectivity index (χ4n) is 3.76. The third-order valence-corrected chi connectivity index (χ3v) is 7.36. The van der Waals surface area contributed by atoms with E-state index in [1.165, 1.54) is 28.6 Å². The van der Waals surface area contributed by atoms with E-state index in [1.54, 1.807) is 23.0 Å². The predicted octanol–water partition coefficient (Wildman–Crippen LogP) is 4.02. The van der Waals surface area contributed by atoms with Gasteiger partial charge in [-0.05, 0) is 55.9 Å². The number of hydrogen-bond acceptors (Lipinski definition) is 6. The molecule has 0 saturated heterocycles. The van der Waals surface area contributed by atoms with Crippen LogP contribution in [0.4, 0.5) is 5.69 Å². The SMILES string of the molecule is COCCn1c(SCC(=O)Nc2cccc(C)c2)nc2sc3c(c2c1=O)CCCC3. The molecule has 0 aliphatic heterocycles. The molecule has 3 aromatic rings. The fourth-order valence-corrected chi connectivity index (χ4v) is 5.89. The molecule has 2 heterocycles. The quantitative estimate of drug-likeness (QED) is 0.441. The number of ether oxygens (including phenoxy) is 1. The summed E-state index contributed by atoms with van der Waals surface area (Å²) < 4.78 is 6.87. The first-order chi connectivity index (χ1) is 14.6. The van der Waals surface area contributed by atoms with E-state index in [4.69, 9.17) is 9.72 Å². The molecule has 0 atom stereocenters. The molecule has 2 aromatic heterocycles. The zero-order valence-corrected chi connectivity index (χ0v) is 18.8. The Kier molecular flexibility index (Phi) is 6.55. The lowest BCUT2D eigenvalue weighted by atomic mass is 9.97. The topological polar surface area (TPSA) is 73.2 Å². The monoisotopic (exact) mass is 443 g/mol. The Balaban J connectivity index is 1.60. The highest BCUT2D eigenvalue weighted by Gasteiger charge is 2.22. The third-order valence-electron chi connectivity index (χ3n) is 5.19. The zero-order valence-electron chi connectivity index (χ0n) is 17.2. The van der Waals surface area contributed by atoms with Crippen molar-refractivity contribution < 1.29 is 9.53 Å². The smallest absolute Gasteiger partial charge is 0.263 e. The number of nitrogens with zero attached hydrogens (tertiary/aromatic N) is 2. The van der Waals surface area contributed by atoms with E-state index in [1.807, 2.05) is 31.2 Å². The lowest BCUT2D eigenvalue weighted by molar-refractivity contribution is -0.113. The van der Waals surface area contributed by atoms with E-state index in [0.29, 0.717) is 18.3 Å². The lowest BCUT2D eigenvalue weighted by Gasteiger charge is -2.13. The van der Waals surface area contributed by atoms with E-state index < -0.39 is 0 Å². The summed E-state index contributed by atoms with van der Waals surface area (Å²) >= 11 is 2.92. The van der Waals surface area contributed by atoms with E-state index in [9.17, 15) is 9.59 Å². The number of nitrogens with one attached hydrogen (secondary N) is 1. The summed E-state index contributed by atoms with van der Waals surface area (Å²) in [6, 6.07) is 7.69. The van der Waals surface area contributed by atoms with Crippen molar-refractivity contribution in [1.82, 2.24) is 9.55 Å². The highest BCUT2D eigenvalue weighted by Crippen LogP contribution is 2.34. The van der Waals surface area contributed by atoms with Gasteiger partial charge in [0, 0.05) is 17.7 Å². The molecule has 0 unspecified atom stereocenters. The Bertz CT molecular complexity index is 1140. The molecule has 0 spiro atoms. The molecule has 1 aromatic carbocycles. The molecule has 4 rings (SSSR count). The second-order valence-corrected chi connectivity index (χ2v) is 9.47. The molecule has 30 heavy (non-hydrogen) atoms. The van der Waals surface area contributed by atoms with Crippen molar-refractivity contribution in [2.75, 3.05) is 24.8 Å². The van der Waals surface area contributed by atoms with Crippen LogP contribution in [0.25, 0.3) is 10.2 Å². The van der Waals surface area contributed by atoms with Crippen molar-refractivity contribution in [2.24, 2.45) is 0 Å². The minimum atomic E-state index is -0.122. The van der Waals surface area contributed by atoms with Gasteiger partial charge in [-0.25, -0.2) is 4.98 Å². The lowest BCUT2D eigenvalue weighted by Crippen LogP contribution is -2.26. The average molecular weight is 444 g/mol. The Hall–Kier alpha value is -2.16. The number of aromatic nitrogens is 2. The van der Waals surface area contributed by atoms with Gasteiger partial charge in [-0.15, -0.1) is 11.3 Å². The highest BCUT2D eigenvalue weighted by molar-refractivity contribution is 7.99. The number of thiophene rings is 1. The summed E-state index contributed by atoms with van der Waals surface area (Å²) in [6.45, 7) is 2.83. The van der Waals surface area contributed by atoms with Crippen molar-refractivity contribution in [3.05, 3.63) is 50.6 Å². The summed E-state index contributed by atoms with van der Waals surface area (Å²) in [4.78, 5) is 32.7. The number of carbonyl (C=O) groups is 1. The Morgan fingerprint density at radius 1 is 1.33 bits per heavy atom. The van der Waals surface area contributed by atoms with Crippen LogP contribution < -0.4 is 10.9 Å². The molecular formula is C22H25N3O3S2. The normalized spacial score (nSPS) is 13.4. The zero-order chi connectivity index (χ0) is 21.1. The highest BCUT2D eigenvalue weighted by atomic mass is 32.2. The maximum absolute atomic E-state index is 13.3. The van der Waals surface area contributed by atoms with Gasteiger partial charge in [-0.3, -0.25) is 14.2 Å². The van der Waals surface area contributed by atoms with Gasteiger partial charge in [-0.2, -0.15) is 0 Å². The molecule has 1 N–H and O–H groups in total. The van der Waals surface area contributed by atoms with E-state index in [2.05, 4.69) is 5.32 Å². The number of benzene rings is 1. The summed E-state index contributed by atoms with van der Waals surface area (Å²) in [5.41, 5.74) is 3.02. The molecule has 1 aliphatic rings. The second kappa shape index (κ2) is 9.32. The van der Waals surface area contributed by atoms with Crippen molar-refractivity contribution in [1.29, 1.82) is 0 Å². The molecule has 158 valence electrons. The van der Waals surface area contributed by atoms with Gasteiger partial charge in [0.2, 0.25) is 5.91 Å². The first kappa shape index (κ1) is 21.1. The van der Waals surface area contributed by atoms with Gasteiger partial charge in [0.1, 0.15) is 4.83 Å². The van der Waals surface area contributed by atoms with Gasteiger partial charge < -0.3 is 10.1 Å². The molecule has 0 saturated carbocycles. The maximum Gasteiger partial charge on any atom is 0.263 e. The van der Waals surface area contributed by atoms with Crippen LogP contribution in [-0.2, 0) is 28.9 Å². The number of fused-ring (bicyclic) bond motifs is 3. The first-order valence-electron chi connectivity index (χ1n) is 10.1. The number of amides is 1. The van der Waals surface area contributed by atoms with Crippen molar-refractivity contribution in [3.63, 3.8) is 0 Å². The first-order valence-corrected chi connectivity index (χ1v) is 11.9.